The molecule has 2 heterocycles. The number of fused-ring (bicyclic) bond motifs is 1. The number of benzene rings is 1. The fourth-order valence-electron chi connectivity index (χ4n) is 3.11. The van der Waals surface area contributed by atoms with Gasteiger partial charge in [-0.1, -0.05) is 19.4 Å². The SMILES string of the molecule is CCC[C@H](C(=O)c1cccc2c1OCO2)N1CCCC1. The van der Waals surface area contributed by atoms with Crippen LogP contribution in [0.5, 0.6) is 11.5 Å². The van der Waals surface area contributed by atoms with Crippen molar-refractivity contribution in [1.82, 2.24) is 4.90 Å². The molecule has 0 amide bonds. The summed E-state index contributed by atoms with van der Waals surface area (Å²) in [5.74, 6) is 1.49. The van der Waals surface area contributed by atoms with Gasteiger partial charge in [0.15, 0.2) is 17.3 Å². The summed E-state index contributed by atoms with van der Waals surface area (Å²) in [5, 5.41) is 0. The van der Waals surface area contributed by atoms with Gasteiger partial charge in [-0.05, 0) is 44.5 Å². The molecule has 1 aromatic rings. The molecule has 1 aromatic carbocycles. The summed E-state index contributed by atoms with van der Waals surface area (Å²) in [7, 11) is 0. The van der Waals surface area contributed by atoms with E-state index in [-0.39, 0.29) is 18.6 Å². The number of para-hydroxylation sites is 1. The van der Waals surface area contributed by atoms with Crippen molar-refractivity contribution in [3.8, 4) is 11.5 Å². The van der Waals surface area contributed by atoms with Crippen molar-refractivity contribution in [2.75, 3.05) is 19.9 Å². The lowest BCUT2D eigenvalue weighted by Crippen LogP contribution is -2.39. The van der Waals surface area contributed by atoms with Gasteiger partial charge in [-0.2, -0.15) is 0 Å². The van der Waals surface area contributed by atoms with Gasteiger partial charge in [-0.25, -0.2) is 0 Å². The molecule has 0 bridgehead atoms. The quantitative estimate of drug-likeness (QED) is 0.775. The van der Waals surface area contributed by atoms with Gasteiger partial charge < -0.3 is 9.47 Å². The van der Waals surface area contributed by atoms with E-state index in [2.05, 4.69) is 11.8 Å². The van der Waals surface area contributed by atoms with Crippen molar-refractivity contribution in [2.24, 2.45) is 0 Å². The molecule has 20 heavy (non-hydrogen) atoms. The molecule has 3 rings (SSSR count). The van der Waals surface area contributed by atoms with Crippen LogP contribution in [0.4, 0.5) is 0 Å². The second-order valence-corrected chi connectivity index (χ2v) is 5.45. The van der Waals surface area contributed by atoms with Gasteiger partial charge in [0, 0.05) is 0 Å². The number of likely N-dealkylation sites (tertiary alicyclic amines) is 1. The monoisotopic (exact) mass is 275 g/mol. The second kappa shape index (κ2) is 5.83. The fraction of sp³-hybridized carbons (Fsp3) is 0.562. The highest BCUT2D eigenvalue weighted by atomic mass is 16.7. The maximum atomic E-state index is 12.9. The largest absolute Gasteiger partial charge is 0.454 e. The van der Waals surface area contributed by atoms with E-state index >= 15 is 0 Å². The third kappa shape index (κ3) is 2.40. The van der Waals surface area contributed by atoms with E-state index in [1.54, 1.807) is 0 Å². The van der Waals surface area contributed by atoms with Crippen molar-refractivity contribution in [2.45, 2.75) is 38.6 Å². The summed E-state index contributed by atoms with van der Waals surface area (Å²) in [6, 6.07) is 5.56. The first-order valence-corrected chi connectivity index (χ1v) is 7.48. The number of nitrogens with zero attached hydrogens (tertiary/aromatic N) is 1. The zero-order chi connectivity index (χ0) is 13.9. The Morgan fingerprint density at radius 3 is 2.85 bits per heavy atom. The molecule has 2 aliphatic rings. The Balaban J connectivity index is 1.87. The van der Waals surface area contributed by atoms with Crippen molar-refractivity contribution in [3.05, 3.63) is 23.8 Å². The van der Waals surface area contributed by atoms with Crippen molar-refractivity contribution in [1.29, 1.82) is 0 Å². The Morgan fingerprint density at radius 2 is 2.10 bits per heavy atom. The van der Waals surface area contributed by atoms with E-state index in [1.165, 1.54) is 12.8 Å². The van der Waals surface area contributed by atoms with E-state index in [1.807, 2.05) is 18.2 Å². The molecule has 108 valence electrons. The first-order chi connectivity index (χ1) is 9.81. The molecule has 0 radical (unpaired) electrons. The average Bonchev–Trinajstić information content (AvgIpc) is 3.14. The van der Waals surface area contributed by atoms with Crippen LogP contribution >= 0.6 is 0 Å². The van der Waals surface area contributed by atoms with Crippen LogP contribution in [0.3, 0.4) is 0 Å². The minimum Gasteiger partial charge on any atom is -0.454 e. The summed E-state index contributed by atoms with van der Waals surface area (Å²) in [6.07, 6.45) is 4.31. The van der Waals surface area contributed by atoms with Crippen molar-refractivity contribution < 1.29 is 14.3 Å². The lowest BCUT2D eigenvalue weighted by atomic mass is 9.98. The van der Waals surface area contributed by atoms with Gasteiger partial charge in [0.05, 0.1) is 11.6 Å². The van der Waals surface area contributed by atoms with E-state index < -0.39 is 0 Å². The third-order valence-electron chi connectivity index (χ3n) is 4.11. The third-order valence-corrected chi connectivity index (χ3v) is 4.11. The number of hydrogen-bond acceptors (Lipinski definition) is 4. The van der Waals surface area contributed by atoms with Gasteiger partial charge in [-0.15, -0.1) is 0 Å². The molecule has 2 aliphatic heterocycles. The lowest BCUT2D eigenvalue weighted by molar-refractivity contribution is 0.0832. The van der Waals surface area contributed by atoms with Gasteiger partial charge in [-0.3, -0.25) is 9.69 Å². The highest BCUT2D eigenvalue weighted by Crippen LogP contribution is 2.36. The minimum atomic E-state index is -0.0156. The summed E-state index contributed by atoms with van der Waals surface area (Å²) >= 11 is 0. The molecular weight excluding hydrogens is 254 g/mol. The van der Waals surface area contributed by atoms with E-state index in [9.17, 15) is 4.79 Å². The predicted molar refractivity (Wildman–Crippen MR) is 76.4 cm³/mol. The van der Waals surface area contributed by atoms with E-state index in [0.29, 0.717) is 17.1 Å². The van der Waals surface area contributed by atoms with Gasteiger partial charge in [0.2, 0.25) is 6.79 Å². The molecule has 0 N–H and O–H groups in total. The Kier molecular flexibility index (Phi) is 3.92. The van der Waals surface area contributed by atoms with Gasteiger partial charge in [0.25, 0.3) is 0 Å². The number of carbonyl (C=O) groups excluding carboxylic acids is 1. The Bertz CT molecular complexity index is 494. The maximum absolute atomic E-state index is 12.9. The topological polar surface area (TPSA) is 38.8 Å². The number of carbonyl (C=O) groups is 1. The van der Waals surface area contributed by atoms with Gasteiger partial charge >= 0.3 is 0 Å². The highest BCUT2D eigenvalue weighted by molar-refractivity contribution is 6.03. The smallest absolute Gasteiger partial charge is 0.231 e. The van der Waals surface area contributed by atoms with Crippen LogP contribution in [0.25, 0.3) is 0 Å². The van der Waals surface area contributed by atoms with Crippen LogP contribution in [0, 0.1) is 0 Å². The standard InChI is InChI=1S/C16H21NO3/c1-2-6-13(17-9-3-4-10-17)15(18)12-7-5-8-14-16(12)20-11-19-14/h5,7-8,13H,2-4,6,9-11H2,1H3/t13-/m1/s1. The zero-order valence-corrected chi connectivity index (χ0v) is 11.9. The maximum Gasteiger partial charge on any atom is 0.231 e. The summed E-state index contributed by atoms with van der Waals surface area (Å²) in [5.41, 5.74) is 0.672. The number of rotatable bonds is 5. The van der Waals surface area contributed by atoms with Crippen LogP contribution in [0.15, 0.2) is 18.2 Å². The Hall–Kier alpha value is -1.55. The molecule has 0 aliphatic carbocycles. The first-order valence-electron chi connectivity index (χ1n) is 7.48. The molecule has 1 atom stereocenters. The van der Waals surface area contributed by atoms with E-state index in [4.69, 9.17) is 9.47 Å². The van der Waals surface area contributed by atoms with Crippen LogP contribution in [-0.4, -0.2) is 36.6 Å². The normalized spacial score (nSPS) is 19.2. The number of ketones is 1. The molecular formula is C16H21NO3. The number of ether oxygens (including phenoxy) is 2. The van der Waals surface area contributed by atoms with Crippen LogP contribution in [0.1, 0.15) is 43.0 Å². The second-order valence-electron chi connectivity index (χ2n) is 5.45. The highest BCUT2D eigenvalue weighted by Gasteiger charge is 2.31. The summed E-state index contributed by atoms with van der Waals surface area (Å²) in [4.78, 5) is 15.2. The van der Waals surface area contributed by atoms with Gasteiger partial charge in [0.1, 0.15) is 0 Å². The van der Waals surface area contributed by atoms with Crippen LogP contribution < -0.4 is 9.47 Å². The predicted octanol–water partition coefficient (Wildman–Crippen LogP) is 2.86. The Labute approximate surface area is 119 Å². The van der Waals surface area contributed by atoms with E-state index in [0.717, 1.165) is 25.9 Å². The van der Waals surface area contributed by atoms with Crippen LogP contribution in [-0.2, 0) is 0 Å². The zero-order valence-electron chi connectivity index (χ0n) is 11.9. The summed E-state index contributed by atoms with van der Waals surface area (Å²) < 4.78 is 10.8. The first kappa shape index (κ1) is 13.4. The molecule has 0 spiro atoms. The van der Waals surface area contributed by atoms with Crippen molar-refractivity contribution in [3.63, 3.8) is 0 Å². The minimum absolute atomic E-state index is 0.0156. The lowest BCUT2D eigenvalue weighted by Gasteiger charge is -2.26. The molecule has 0 saturated carbocycles. The molecule has 4 nitrogen and oxygen atoms in total. The molecule has 1 saturated heterocycles. The number of Topliss-reactive ketones (excluding diaryl/α,β-unsaturated/α-hetero) is 1. The average molecular weight is 275 g/mol. The molecule has 4 heteroatoms. The Morgan fingerprint density at radius 1 is 1.30 bits per heavy atom. The molecule has 0 aromatic heterocycles. The fourth-order valence-corrected chi connectivity index (χ4v) is 3.11. The molecule has 0 unspecified atom stereocenters. The van der Waals surface area contributed by atoms with Crippen LogP contribution in [0.2, 0.25) is 0 Å². The summed E-state index contributed by atoms with van der Waals surface area (Å²) in [6.45, 7) is 4.40. The number of hydrogen-bond donors (Lipinski definition) is 0. The molecule has 1 fully saturated rings. The van der Waals surface area contributed by atoms with Crippen molar-refractivity contribution >= 4 is 5.78 Å².